The van der Waals surface area contributed by atoms with Crippen molar-refractivity contribution in [2.75, 3.05) is 44.2 Å². The summed E-state index contributed by atoms with van der Waals surface area (Å²) in [6.07, 6.45) is 0. The predicted octanol–water partition coefficient (Wildman–Crippen LogP) is 0.985. The largest absolute Gasteiger partial charge is 0.504 e. The molecule has 1 fully saturated rings. The number of amides is 3. The number of fused-ring (bicyclic) bond motifs is 1. The minimum Gasteiger partial charge on any atom is -0.504 e. The highest BCUT2D eigenvalue weighted by atomic mass is 35.5. The molecule has 4 heterocycles. The number of nitrogen functional groups attached to an aromatic ring is 1. The van der Waals surface area contributed by atoms with Crippen LogP contribution in [0.2, 0.25) is 5.02 Å². The van der Waals surface area contributed by atoms with Gasteiger partial charge in [0, 0.05) is 16.7 Å². The number of aromatic amines is 1. The quantitative estimate of drug-likeness (QED) is 0.0373. The van der Waals surface area contributed by atoms with E-state index >= 15 is 0 Å². The highest BCUT2D eigenvalue weighted by molar-refractivity contribution is 8.00. The Hall–Kier alpha value is -4.99. The fourth-order valence-corrected chi connectivity index (χ4v) is 7.70. The summed E-state index contributed by atoms with van der Waals surface area (Å²) in [7, 11) is 0. The van der Waals surface area contributed by atoms with Gasteiger partial charge in [0.1, 0.15) is 23.7 Å². The van der Waals surface area contributed by atoms with Crippen LogP contribution in [-0.4, -0.2) is 135 Å². The van der Waals surface area contributed by atoms with Crippen molar-refractivity contribution in [2.45, 2.75) is 44.7 Å². The number of nitrogens with zero attached hydrogens (tertiary/aromatic N) is 7. The summed E-state index contributed by atoms with van der Waals surface area (Å²) in [6.45, 7) is 9.11. The molecule has 5 rings (SSSR count). The number of nitrogens with two attached hydrogens (primary N) is 1. The Balaban J connectivity index is 1.35. The molecule has 19 nitrogen and oxygen atoms in total. The number of halogens is 1. The lowest BCUT2D eigenvalue weighted by Gasteiger charge is -2.50. The molecule has 278 valence electrons. The molecule has 3 aromatic rings. The summed E-state index contributed by atoms with van der Waals surface area (Å²) < 4.78 is 0.502. The highest BCUT2D eigenvalue weighted by Crippen LogP contribution is 2.44. The maximum Gasteiger partial charge on any atom is 0.350 e. The van der Waals surface area contributed by atoms with E-state index < -0.39 is 52.2 Å². The number of tetrazole rings is 1. The second-order valence-corrected chi connectivity index (χ2v) is 14.7. The fourth-order valence-electron chi connectivity index (χ4n) is 5.57. The lowest BCUT2D eigenvalue weighted by atomic mass is 10.0. The van der Waals surface area contributed by atoms with Gasteiger partial charge in [-0.05, 0) is 45.0 Å². The van der Waals surface area contributed by atoms with Gasteiger partial charge in [-0.15, -0.1) is 33.3 Å². The van der Waals surface area contributed by atoms with Crippen LogP contribution in [0.3, 0.4) is 0 Å². The molecule has 52 heavy (non-hydrogen) atoms. The molecule has 2 atom stereocenters. The van der Waals surface area contributed by atoms with Gasteiger partial charge in [-0.2, -0.15) is 5.21 Å². The summed E-state index contributed by atoms with van der Waals surface area (Å²) in [6, 6.07) is 1.51. The van der Waals surface area contributed by atoms with Crippen molar-refractivity contribution in [2.24, 2.45) is 5.16 Å². The Kier molecular flexibility index (Phi) is 11.3. The van der Waals surface area contributed by atoms with Gasteiger partial charge in [0.15, 0.2) is 22.3 Å². The maximum absolute atomic E-state index is 13.8. The molecule has 2 aromatic heterocycles. The van der Waals surface area contributed by atoms with Crippen LogP contribution in [0.15, 0.2) is 28.2 Å². The number of phenolic OH excluding ortho intramolecular Hbond substituents is 2. The minimum atomic E-state index is -1.77. The number of carboxylic acids is 1. The summed E-state index contributed by atoms with van der Waals surface area (Å²) >= 11 is 8.55. The van der Waals surface area contributed by atoms with Crippen LogP contribution >= 0.6 is 34.7 Å². The number of phenols is 2. The Morgan fingerprint density at radius 2 is 1.98 bits per heavy atom. The smallest absolute Gasteiger partial charge is 0.350 e. The number of carbonyl (C=O) groups excluding carboxylic acids is 3. The topological polar surface area (TPSA) is 271 Å². The van der Waals surface area contributed by atoms with Gasteiger partial charge in [-0.3, -0.25) is 19.3 Å². The first-order valence-electron chi connectivity index (χ1n) is 15.9. The molecule has 1 aromatic carbocycles. The number of benzene rings is 1. The van der Waals surface area contributed by atoms with Crippen LogP contribution in [-0.2, 0) is 19.2 Å². The SMILES string of the molecule is CC[N+](CC)(CCNC(=O)c1ccc(O)c(O)c1Cl)CC1=C(c2nn[nH]n2)N2C(=O)[C@@H](NC(=O)/C(=N\OC(C)(C)C(=O)O)c3csc(N)n3)[C@H]2SC1. The molecule has 0 bridgehead atoms. The van der Waals surface area contributed by atoms with E-state index in [1.165, 1.54) is 48.0 Å². The van der Waals surface area contributed by atoms with Gasteiger partial charge in [0.05, 0.1) is 42.5 Å². The molecule has 0 radical (unpaired) electrons. The summed E-state index contributed by atoms with van der Waals surface area (Å²) in [5.41, 5.74) is 5.02. The van der Waals surface area contributed by atoms with Gasteiger partial charge in [-0.1, -0.05) is 16.8 Å². The van der Waals surface area contributed by atoms with Crippen molar-refractivity contribution < 1.29 is 43.8 Å². The van der Waals surface area contributed by atoms with E-state index in [-0.39, 0.29) is 39.5 Å². The standard InChI is InChI=1S/C30H36ClN11O8S2/c1-5-42(6-2,10-9-33-24(45)15-7-8-17(43)22(44)18(15)31)11-14-12-51-27-20(26(47)41(27)21(14)23-36-39-40-37-23)35-25(46)19(16-13-52-29(32)34-16)38-50-30(3,4)28(48)49/h7-8,13,20,27H,5-6,9-12H2,1-4H3,(H7-,32,33,34,35,36,37,38,39,40,43,44,45,46,48,49)/p+1/t20-,27-/m1/s1. The number of thioether (sulfide) groups is 1. The third-order valence-corrected chi connectivity index (χ3v) is 11.2. The first kappa shape index (κ1) is 38.2. The van der Waals surface area contributed by atoms with Crippen LogP contribution in [0.25, 0.3) is 5.70 Å². The monoisotopic (exact) mass is 778 g/mol. The van der Waals surface area contributed by atoms with Gasteiger partial charge >= 0.3 is 5.97 Å². The number of rotatable bonds is 15. The van der Waals surface area contributed by atoms with Crippen molar-refractivity contribution >= 4 is 74.9 Å². The molecule has 0 aliphatic carbocycles. The van der Waals surface area contributed by atoms with Crippen molar-refractivity contribution in [3.05, 3.63) is 45.2 Å². The van der Waals surface area contributed by atoms with Gasteiger partial charge < -0.3 is 41.0 Å². The van der Waals surface area contributed by atoms with Crippen molar-refractivity contribution in [1.29, 1.82) is 0 Å². The number of thiazole rings is 1. The average Bonchev–Trinajstić information content (AvgIpc) is 3.81. The maximum atomic E-state index is 13.8. The van der Waals surface area contributed by atoms with Crippen molar-refractivity contribution in [1.82, 2.24) is 41.1 Å². The number of carboxylic acid groups (broad SMARTS) is 1. The second-order valence-electron chi connectivity index (χ2n) is 12.4. The number of aromatic nitrogens is 5. The van der Waals surface area contributed by atoms with Gasteiger partial charge in [0.25, 0.3) is 17.7 Å². The Bertz CT molecular complexity index is 1930. The minimum absolute atomic E-state index is 0.0172. The number of β-lactam (4-membered cyclic amide) rings is 1. The van der Waals surface area contributed by atoms with Crippen LogP contribution in [0.1, 0.15) is 49.6 Å². The number of quaternary nitrogens is 1. The number of anilines is 1. The van der Waals surface area contributed by atoms with Crippen molar-refractivity contribution in [3.8, 4) is 11.5 Å². The van der Waals surface area contributed by atoms with E-state index in [9.17, 15) is 34.5 Å². The second kappa shape index (κ2) is 15.3. The summed E-state index contributed by atoms with van der Waals surface area (Å²) in [5.74, 6) is -3.47. The van der Waals surface area contributed by atoms with E-state index in [0.717, 1.165) is 16.9 Å². The normalized spacial score (nSPS) is 17.8. The lowest BCUT2D eigenvalue weighted by molar-refractivity contribution is -0.919. The molecule has 0 spiro atoms. The number of hydrogen-bond acceptors (Lipinski definition) is 15. The molecule has 2 aliphatic rings. The zero-order valence-electron chi connectivity index (χ0n) is 28.4. The molecule has 22 heteroatoms. The third kappa shape index (κ3) is 7.61. The number of hydrogen-bond donors (Lipinski definition) is 7. The molecule has 0 saturated carbocycles. The number of aromatic hydroxyl groups is 2. The molecular weight excluding hydrogens is 742 g/mol. The number of likely N-dealkylation sites (N-methyl/N-ethyl adjacent to an activating group) is 1. The Morgan fingerprint density at radius 3 is 2.60 bits per heavy atom. The van der Waals surface area contributed by atoms with E-state index in [4.69, 9.17) is 22.2 Å². The highest BCUT2D eigenvalue weighted by Gasteiger charge is 2.54. The summed E-state index contributed by atoms with van der Waals surface area (Å²) in [5, 5.41) is 53.7. The fraction of sp³-hybridized carbons (Fsp3) is 0.433. The van der Waals surface area contributed by atoms with Crippen LogP contribution in [0, 0.1) is 0 Å². The molecule has 0 unspecified atom stereocenters. The van der Waals surface area contributed by atoms with Gasteiger partial charge in [-0.25, -0.2) is 9.78 Å². The van der Waals surface area contributed by atoms with Crippen LogP contribution < -0.4 is 16.4 Å². The van der Waals surface area contributed by atoms with E-state index in [1.54, 1.807) is 0 Å². The molecule has 3 amide bonds. The average molecular weight is 779 g/mol. The number of H-pyrrole nitrogens is 1. The third-order valence-electron chi connectivity index (χ3n) is 8.83. The lowest BCUT2D eigenvalue weighted by Crippen LogP contribution is -2.70. The molecule has 2 aliphatic heterocycles. The first-order valence-corrected chi connectivity index (χ1v) is 18.2. The van der Waals surface area contributed by atoms with Gasteiger partial charge in [0.2, 0.25) is 11.4 Å². The van der Waals surface area contributed by atoms with E-state index in [2.05, 4.69) is 41.4 Å². The van der Waals surface area contributed by atoms with Crippen molar-refractivity contribution in [3.63, 3.8) is 0 Å². The van der Waals surface area contributed by atoms with E-state index in [0.29, 0.717) is 42.1 Å². The zero-order chi connectivity index (χ0) is 38.0. The van der Waals surface area contributed by atoms with Crippen LogP contribution in [0.4, 0.5) is 5.13 Å². The number of aliphatic carboxylic acids is 1. The molecule has 1 saturated heterocycles. The number of oxime groups is 1. The molecule has 8 N–H and O–H groups in total. The molecular formula is C30H37ClN11O8S2+. The Labute approximate surface area is 309 Å². The predicted molar refractivity (Wildman–Crippen MR) is 190 cm³/mol. The summed E-state index contributed by atoms with van der Waals surface area (Å²) in [4.78, 5) is 62.6. The van der Waals surface area contributed by atoms with Crippen LogP contribution in [0.5, 0.6) is 11.5 Å². The number of carbonyl (C=O) groups is 4. The zero-order valence-corrected chi connectivity index (χ0v) is 30.8. The first-order chi connectivity index (χ1) is 24.6. The number of nitrogens with one attached hydrogen (secondary N) is 3. The Morgan fingerprint density at radius 1 is 1.25 bits per heavy atom. The van der Waals surface area contributed by atoms with E-state index in [1.807, 2.05) is 13.8 Å².